The van der Waals surface area contributed by atoms with Gasteiger partial charge in [0.15, 0.2) is 0 Å². The molecule has 3 aromatic carbocycles. The van der Waals surface area contributed by atoms with Crippen molar-refractivity contribution in [2.24, 2.45) is 0 Å². The molecule has 0 aromatic heterocycles. The molecule has 0 aliphatic carbocycles. The highest BCUT2D eigenvalue weighted by Gasteiger charge is 2.33. The lowest BCUT2D eigenvalue weighted by atomic mass is 9.94. The first kappa shape index (κ1) is 19.9. The van der Waals surface area contributed by atoms with Gasteiger partial charge in [0.05, 0.1) is 24.7 Å². The van der Waals surface area contributed by atoms with Gasteiger partial charge in [0.25, 0.3) is 11.8 Å². The highest BCUT2D eigenvalue weighted by atomic mass is 32.2. The number of morpholine rings is 1. The second-order valence-corrected chi connectivity index (χ2v) is 9.50. The minimum atomic E-state index is -3.59. The van der Waals surface area contributed by atoms with Crippen LogP contribution in [0.1, 0.15) is 26.3 Å². The van der Waals surface area contributed by atoms with Crippen molar-refractivity contribution in [1.82, 2.24) is 9.21 Å². The average Bonchev–Trinajstić information content (AvgIpc) is 2.81. The number of carbonyl (C=O) groups excluding carboxylic acids is 2. The quantitative estimate of drug-likeness (QED) is 0.587. The summed E-state index contributed by atoms with van der Waals surface area (Å²) in [5.41, 5.74) is 1.67. The summed E-state index contributed by atoms with van der Waals surface area (Å²) in [5.74, 6) is -0.696. The molecule has 0 atom stereocenters. The second-order valence-electron chi connectivity index (χ2n) is 7.57. The van der Waals surface area contributed by atoms with Crippen LogP contribution in [-0.2, 0) is 21.3 Å². The molecule has 2 heterocycles. The van der Waals surface area contributed by atoms with Crippen LogP contribution in [0.3, 0.4) is 0 Å². The van der Waals surface area contributed by atoms with E-state index in [0.717, 1.165) is 5.39 Å². The Balaban J connectivity index is 1.42. The molecule has 2 aliphatic rings. The number of ether oxygens (including phenoxy) is 1. The molecule has 5 rings (SSSR count). The molecular weight excluding hydrogens is 416 g/mol. The van der Waals surface area contributed by atoms with Crippen LogP contribution in [0.15, 0.2) is 65.6 Å². The Hall–Kier alpha value is -3.07. The van der Waals surface area contributed by atoms with Crippen molar-refractivity contribution in [2.75, 3.05) is 26.3 Å². The van der Waals surface area contributed by atoms with Crippen LogP contribution in [-0.4, -0.2) is 55.7 Å². The number of nitrogens with zero attached hydrogens (tertiary/aromatic N) is 2. The molecule has 0 saturated carbocycles. The fraction of sp³-hybridized carbons (Fsp3) is 0.217. The topological polar surface area (TPSA) is 84.0 Å². The fourth-order valence-corrected chi connectivity index (χ4v) is 5.52. The van der Waals surface area contributed by atoms with Gasteiger partial charge in [-0.15, -0.1) is 0 Å². The van der Waals surface area contributed by atoms with Crippen molar-refractivity contribution in [3.63, 3.8) is 0 Å². The number of amides is 2. The molecule has 3 aromatic rings. The van der Waals surface area contributed by atoms with Crippen LogP contribution >= 0.6 is 0 Å². The number of hydrogen-bond donors (Lipinski definition) is 0. The molecule has 0 spiro atoms. The summed E-state index contributed by atoms with van der Waals surface area (Å²) >= 11 is 0. The maximum atomic E-state index is 13.0. The van der Waals surface area contributed by atoms with Crippen molar-refractivity contribution in [2.45, 2.75) is 11.4 Å². The van der Waals surface area contributed by atoms with Gasteiger partial charge in [-0.3, -0.25) is 14.5 Å². The maximum Gasteiger partial charge on any atom is 0.261 e. The minimum absolute atomic E-state index is 0.0697. The number of benzene rings is 3. The largest absolute Gasteiger partial charge is 0.379 e. The lowest BCUT2D eigenvalue weighted by molar-refractivity contribution is 0.0598. The zero-order valence-corrected chi connectivity index (χ0v) is 17.5. The molecule has 2 aliphatic heterocycles. The van der Waals surface area contributed by atoms with E-state index >= 15 is 0 Å². The van der Waals surface area contributed by atoms with E-state index in [2.05, 4.69) is 0 Å². The van der Waals surface area contributed by atoms with Gasteiger partial charge in [0, 0.05) is 29.6 Å². The Labute approximate surface area is 179 Å². The van der Waals surface area contributed by atoms with E-state index in [-0.39, 0.29) is 23.3 Å². The number of sulfonamides is 1. The fourth-order valence-electron chi connectivity index (χ4n) is 4.11. The van der Waals surface area contributed by atoms with Crippen LogP contribution in [0.25, 0.3) is 10.8 Å². The molecular formula is C23H20N2O5S. The molecule has 158 valence electrons. The summed E-state index contributed by atoms with van der Waals surface area (Å²) in [6.07, 6.45) is 0. The standard InChI is InChI=1S/C23H20N2O5S/c26-22-19-5-1-3-17-4-2-6-20(21(17)19)23(27)25(22)15-16-7-9-18(10-8-16)31(28,29)24-11-13-30-14-12-24/h1-10H,11-15H2. The number of hydrogen-bond acceptors (Lipinski definition) is 5. The molecule has 1 saturated heterocycles. The SMILES string of the molecule is O=C1c2cccc3cccc(c23)C(=O)N1Cc1ccc(S(=O)(=O)N2CCOCC2)cc1. The lowest BCUT2D eigenvalue weighted by Crippen LogP contribution is -2.40. The van der Waals surface area contributed by atoms with Gasteiger partial charge in [0.2, 0.25) is 10.0 Å². The van der Waals surface area contributed by atoms with E-state index in [1.807, 2.05) is 12.1 Å². The second kappa shape index (κ2) is 7.56. The van der Waals surface area contributed by atoms with Crippen LogP contribution in [0.4, 0.5) is 0 Å². The summed E-state index contributed by atoms with van der Waals surface area (Å²) in [4.78, 5) is 27.5. The van der Waals surface area contributed by atoms with Gasteiger partial charge >= 0.3 is 0 Å². The molecule has 8 heteroatoms. The summed E-state index contributed by atoms with van der Waals surface area (Å²) in [6.45, 7) is 1.48. The van der Waals surface area contributed by atoms with Gasteiger partial charge in [-0.1, -0.05) is 36.4 Å². The van der Waals surface area contributed by atoms with Crippen molar-refractivity contribution in [1.29, 1.82) is 0 Å². The molecule has 1 fully saturated rings. The van der Waals surface area contributed by atoms with Crippen molar-refractivity contribution >= 4 is 32.6 Å². The van der Waals surface area contributed by atoms with Crippen LogP contribution in [0.2, 0.25) is 0 Å². The number of rotatable bonds is 4. The number of imide groups is 1. The smallest absolute Gasteiger partial charge is 0.261 e. The highest BCUT2D eigenvalue weighted by molar-refractivity contribution is 7.89. The first-order chi connectivity index (χ1) is 15.0. The molecule has 0 bridgehead atoms. The molecule has 0 N–H and O–H groups in total. The molecule has 2 amide bonds. The van der Waals surface area contributed by atoms with Gasteiger partial charge in [-0.25, -0.2) is 8.42 Å². The Kier molecular flexibility index (Phi) is 4.85. The van der Waals surface area contributed by atoms with Gasteiger partial charge in [-0.2, -0.15) is 4.31 Å². The predicted octanol–water partition coefficient (Wildman–Crippen LogP) is 2.66. The van der Waals surface area contributed by atoms with E-state index in [4.69, 9.17) is 4.74 Å². The predicted molar refractivity (Wildman–Crippen MR) is 114 cm³/mol. The van der Waals surface area contributed by atoms with Crippen LogP contribution in [0.5, 0.6) is 0 Å². The molecule has 7 nitrogen and oxygen atoms in total. The lowest BCUT2D eigenvalue weighted by Gasteiger charge is -2.27. The Morgan fingerprint density at radius 1 is 0.806 bits per heavy atom. The van der Waals surface area contributed by atoms with E-state index in [9.17, 15) is 18.0 Å². The summed E-state index contributed by atoms with van der Waals surface area (Å²) in [5, 5.41) is 1.54. The van der Waals surface area contributed by atoms with E-state index in [0.29, 0.717) is 48.4 Å². The number of carbonyl (C=O) groups is 2. The third-order valence-corrected chi connectivity index (χ3v) is 7.64. The Bertz CT molecular complexity index is 1240. The van der Waals surface area contributed by atoms with Gasteiger partial charge in [-0.05, 0) is 35.2 Å². The third kappa shape index (κ3) is 3.33. The summed E-state index contributed by atoms with van der Waals surface area (Å²) in [6, 6.07) is 17.2. The van der Waals surface area contributed by atoms with Crippen molar-refractivity contribution in [3.8, 4) is 0 Å². The van der Waals surface area contributed by atoms with E-state index in [1.165, 1.54) is 21.3 Å². The van der Waals surface area contributed by atoms with Gasteiger partial charge < -0.3 is 4.74 Å². The highest BCUT2D eigenvalue weighted by Crippen LogP contribution is 2.31. The van der Waals surface area contributed by atoms with Crippen molar-refractivity contribution < 1.29 is 22.7 Å². The maximum absolute atomic E-state index is 13.0. The summed E-state index contributed by atoms with van der Waals surface area (Å²) < 4.78 is 32.2. The zero-order chi connectivity index (χ0) is 21.6. The molecule has 0 unspecified atom stereocenters. The van der Waals surface area contributed by atoms with E-state index < -0.39 is 10.0 Å². The molecule has 31 heavy (non-hydrogen) atoms. The van der Waals surface area contributed by atoms with Crippen LogP contribution in [0, 0.1) is 0 Å². The Morgan fingerprint density at radius 2 is 1.39 bits per heavy atom. The minimum Gasteiger partial charge on any atom is -0.379 e. The van der Waals surface area contributed by atoms with Gasteiger partial charge in [0.1, 0.15) is 0 Å². The third-order valence-electron chi connectivity index (χ3n) is 5.73. The first-order valence-electron chi connectivity index (χ1n) is 10.0. The summed E-state index contributed by atoms with van der Waals surface area (Å²) in [7, 11) is -3.59. The average molecular weight is 436 g/mol. The molecule has 0 radical (unpaired) electrons. The van der Waals surface area contributed by atoms with Crippen LogP contribution < -0.4 is 0 Å². The first-order valence-corrected chi connectivity index (χ1v) is 11.5. The van der Waals surface area contributed by atoms with E-state index in [1.54, 1.807) is 36.4 Å². The van der Waals surface area contributed by atoms with Crippen molar-refractivity contribution in [3.05, 3.63) is 77.4 Å². The Morgan fingerprint density at radius 3 is 1.97 bits per heavy atom. The zero-order valence-electron chi connectivity index (χ0n) is 16.7. The normalized spacial score (nSPS) is 17.4. The monoisotopic (exact) mass is 436 g/mol.